The van der Waals surface area contributed by atoms with Crippen molar-refractivity contribution in [1.29, 1.82) is 0 Å². The molecule has 0 bridgehead atoms. The van der Waals surface area contributed by atoms with Gasteiger partial charge in [-0.25, -0.2) is 14.8 Å². The van der Waals surface area contributed by atoms with Crippen molar-refractivity contribution in [1.82, 2.24) is 25.6 Å². The number of anilines is 1. The molecule has 2 atom stereocenters. The van der Waals surface area contributed by atoms with Crippen LogP contribution in [0.2, 0.25) is 5.15 Å². The predicted octanol–water partition coefficient (Wildman–Crippen LogP) is 3.31. The van der Waals surface area contributed by atoms with Gasteiger partial charge in [-0.05, 0) is 37.9 Å². The zero-order chi connectivity index (χ0) is 23.5. The largest absolute Gasteiger partial charge is 0.478 e. The third-order valence-corrected chi connectivity index (χ3v) is 7.27. The van der Waals surface area contributed by atoms with Crippen molar-refractivity contribution in [2.24, 2.45) is 0 Å². The Morgan fingerprint density at radius 2 is 2.12 bits per heavy atom. The minimum absolute atomic E-state index is 0.00434. The lowest BCUT2D eigenvalue weighted by atomic mass is 9.99. The number of imidazole rings is 1. The van der Waals surface area contributed by atoms with E-state index in [1.165, 1.54) is 11.3 Å². The van der Waals surface area contributed by atoms with Crippen LogP contribution in [-0.4, -0.2) is 63.7 Å². The van der Waals surface area contributed by atoms with Crippen molar-refractivity contribution in [2.45, 2.75) is 45.2 Å². The van der Waals surface area contributed by atoms with Gasteiger partial charge in [-0.2, -0.15) is 0 Å². The number of aromatic amines is 1. The fourth-order valence-electron chi connectivity index (χ4n) is 4.04. The third kappa shape index (κ3) is 4.97. The van der Waals surface area contributed by atoms with Crippen molar-refractivity contribution in [3.63, 3.8) is 0 Å². The highest BCUT2D eigenvalue weighted by molar-refractivity contribution is 7.22. The van der Waals surface area contributed by atoms with E-state index in [0.717, 1.165) is 23.8 Å². The topological polar surface area (TPSA) is 123 Å². The fraction of sp³-hybridized carbons (Fsp3) is 0.455. The Balaban J connectivity index is 1.51. The fourth-order valence-corrected chi connectivity index (χ4v) is 5.41. The Kier molecular flexibility index (Phi) is 7.16. The number of carbonyl (C=O) groups excluding carboxylic acids is 1. The number of carboxylic acid groups (broad SMARTS) is 1. The molecule has 9 nitrogen and oxygen atoms in total. The smallest absolute Gasteiger partial charge is 0.337 e. The van der Waals surface area contributed by atoms with Gasteiger partial charge < -0.3 is 25.6 Å². The number of nitrogens with zero attached hydrogens (tertiary/aromatic N) is 3. The van der Waals surface area contributed by atoms with E-state index in [1.807, 2.05) is 13.0 Å². The summed E-state index contributed by atoms with van der Waals surface area (Å²) in [6, 6.07) is 5.07. The number of benzene rings is 1. The average Bonchev–Trinajstić information content (AvgIpc) is 3.41. The zero-order valence-corrected chi connectivity index (χ0v) is 20.1. The van der Waals surface area contributed by atoms with Crippen LogP contribution in [0.3, 0.4) is 0 Å². The molecule has 1 aliphatic heterocycles. The summed E-state index contributed by atoms with van der Waals surface area (Å²) >= 11 is 7.49. The van der Waals surface area contributed by atoms with Crippen LogP contribution in [-0.2, 0) is 6.42 Å². The van der Waals surface area contributed by atoms with Crippen molar-refractivity contribution in [3.8, 4) is 0 Å². The molecule has 1 saturated heterocycles. The molecule has 1 fully saturated rings. The first-order valence-corrected chi connectivity index (χ1v) is 12.3. The van der Waals surface area contributed by atoms with Crippen LogP contribution < -0.4 is 15.5 Å². The van der Waals surface area contributed by atoms with Gasteiger partial charge in [0.05, 0.1) is 21.5 Å². The molecule has 176 valence electrons. The van der Waals surface area contributed by atoms with E-state index in [2.05, 4.69) is 37.4 Å². The summed E-state index contributed by atoms with van der Waals surface area (Å²) in [7, 11) is 0. The molecule has 3 aromatic rings. The molecular formula is C22H27ClN6O3S. The van der Waals surface area contributed by atoms with E-state index in [0.29, 0.717) is 41.3 Å². The number of rotatable bonds is 8. The maximum atomic E-state index is 12.8. The molecular weight excluding hydrogens is 464 g/mol. The highest BCUT2D eigenvalue weighted by Gasteiger charge is 2.32. The van der Waals surface area contributed by atoms with Gasteiger partial charge in [-0.15, -0.1) is 0 Å². The molecule has 33 heavy (non-hydrogen) atoms. The van der Waals surface area contributed by atoms with E-state index in [1.54, 1.807) is 12.1 Å². The van der Waals surface area contributed by atoms with Crippen molar-refractivity contribution in [2.75, 3.05) is 24.5 Å². The van der Waals surface area contributed by atoms with E-state index in [9.17, 15) is 14.7 Å². The first-order chi connectivity index (χ1) is 15.9. The second-order valence-corrected chi connectivity index (χ2v) is 9.37. The minimum Gasteiger partial charge on any atom is -0.478 e. The Hall–Kier alpha value is -2.69. The van der Waals surface area contributed by atoms with Gasteiger partial charge in [0.2, 0.25) is 0 Å². The van der Waals surface area contributed by atoms with Gasteiger partial charge in [-0.3, -0.25) is 4.79 Å². The second kappa shape index (κ2) is 10.1. The van der Waals surface area contributed by atoms with Crippen LogP contribution in [0.1, 0.15) is 53.4 Å². The molecule has 11 heteroatoms. The average molecular weight is 491 g/mol. The molecule has 1 aromatic carbocycles. The number of amides is 1. The first-order valence-electron chi connectivity index (χ1n) is 11.1. The number of H-pyrrole nitrogens is 1. The maximum Gasteiger partial charge on any atom is 0.337 e. The number of hydrogen-bond acceptors (Lipinski definition) is 7. The molecule has 1 aliphatic rings. The highest BCUT2D eigenvalue weighted by atomic mass is 35.5. The molecule has 4 rings (SSSR count). The van der Waals surface area contributed by atoms with Gasteiger partial charge >= 0.3 is 5.97 Å². The van der Waals surface area contributed by atoms with Crippen LogP contribution in [0.5, 0.6) is 0 Å². The minimum atomic E-state index is -0.955. The quantitative estimate of drug-likeness (QED) is 0.382. The predicted molar refractivity (Wildman–Crippen MR) is 130 cm³/mol. The second-order valence-electron chi connectivity index (χ2n) is 8.04. The number of carbonyl (C=O) groups is 2. The van der Waals surface area contributed by atoms with Crippen molar-refractivity contribution in [3.05, 3.63) is 40.4 Å². The summed E-state index contributed by atoms with van der Waals surface area (Å²) in [5.41, 5.74) is 1.70. The highest BCUT2D eigenvalue weighted by Crippen LogP contribution is 2.33. The SMILES string of the molecule is CCCN[C@@H]1CN(c2nc3cccc(C(=O)O)c3s2)CC[C@@H]1NC(=O)c1nc(Cl)c(CC)[nH]1. The zero-order valence-electron chi connectivity index (χ0n) is 18.5. The molecule has 4 N–H and O–H groups in total. The standard InChI is InChI=1S/C22H27ClN6O3S/c1-3-9-24-16-11-29(22-27-15-7-5-6-12(21(31)32)17(15)33-22)10-8-14(16)26-20(30)19-25-13(4-2)18(23)28-19/h5-7,14,16,24H,3-4,8-11H2,1-2H3,(H,25,28)(H,26,30)(H,31,32)/t14-,16+/m0/s1. The van der Waals surface area contributed by atoms with Gasteiger partial charge in [0.15, 0.2) is 16.1 Å². The maximum absolute atomic E-state index is 12.8. The summed E-state index contributed by atoms with van der Waals surface area (Å²) in [6.07, 6.45) is 2.35. The van der Waals surface area contributed by atoms with Crippen LogP contribution in [0.4, 0.5) is 5.13 Å². The van der Waals surface area contributed by atoms with Gasteiger partial charge in [0.25, 0.3) is 5.91 Å². The number of hydrogen-bond donors (Lipinski definition) is 4. The molecule has 2 aromatic heterocycles. The van der Waals surface area contributed by atoms with E-state index < -0.39 is 5.97 Å². The molecule has 0 radical (unpaired) electrons. The first kappa shape index (κ1) is 23.5. The number of halogens is 1. The Morgan fingerprint density at radius 1 is 1.30 bits per heavy atom. The normalized spacial score (nSPS) is 18.6. The summed E-state index contributed by atoms with van der Waals surface area (Å²) < 4.78 is 0.676. The monoisotopic (exact) mass is 490 g/mol. The summed E-state index contributed by atoms with van der Waals surface area (Å²) in [5, 5.41) is 17.3. The summed E-state index contributed by atoms with van der Waals surface area (Å²) in [6.45, 7) is 6.20. The van der Waals surface area contributed by atoms with Crippen LogP contribution in [0.15, 0.2) is 18.2 Å². The van der Waals surface area contributed by atoms with Crippen molar-refractivity contribution >= 4 is 50.2 Å². The molecule has 1 amide bonds. The van der Waals surface area contributed by atoms with Crippen molar-refractivity contribution < 1.29 is 14.7 Å². The number of aryl methyl sites for hydroxylation is 1. The Labute approximate surface area is 200 Å². The number of aromatic carboxylic acids is 1. The lowest BCUT2D eigenvalue weighted by Gasteiger charge is -2.39. The number of aromatic nitrogens is 3. The third-order valence-electron chi connectivity index (χ3n) is 5.79. The lowest BCUT2D eigenvalue weighted by molar-refractivity contribution is 0.0699. The number of nitrogens with one attached hydrogen (secondary N) is 3. The Bertz CT molecular complexity index is 1160. The van der Waals surface area contributed by atoms with E-state index in [-0.39, 0.29) is 29.4 Å². The number of carboxylic acids is 1. The molecule has 0 aliphatic carbocycles. The lowest BCUT2D eigenvalue weighted by Crippen LogP contribution is -2.59. The molecule has 3 heterocycles. The van der Waals surface area contributed by atoms with E-state index >= 15 is 0 Å². The molecule has 0 unspecified atom stereocenters. The van der Waals surface area contributed by atoms with Gasteiger partial charge in [-0.1, -0.05) is 42.9 Å². The number of thiazole rings is 1. The van der Waals surface area contributed by atoms with Crippen LogP contribution in [0, 0.1) is 0 Å². The number of fused-ring (bicyclic) bond motifs is 1. The Morgan fingerprint density at radius 3 is 2.82 bits per heavy atom. The van der Waals surface area contributed by atoms with Crippen LogP contribution >= 0.6 is 22.9 Å². The van der Waals surface area contributed by atoms with Gasteiger partial charge in [0.1, 0.15) is 0 Å². The van der Waals surface area contributed by atoms with Gasteiger partial charge in [0, 0.05) is 25.2 Å². The summed E-state index contributed by atoms with van der Waals surface area (Å²) in [4.78, 5) is 38.4. The van der Waals surface area contributed by atoms with E-state index in [4.69, 9.17) is 11.6 Å². The van der Waals surface area contributed by atoms with Crippen LogP contribution in [0.25, 0.3) is 10.2 Å². The number of piperidine rings is 1. The molecule has 0 saturated carbocycles. The summed E-state index contributed by atoms with van der Waals surface area (Å²) in [5.74, 6) is -1.01. The molecule has 0 spiro atoms.